The van der Waals surface area contributed by atoms with E-state index in [0.29, 0.717) is 6.10 Å². The van der Waals surface area contributed by atoms with Crippen LogP contribution in [0, 0.1) is 0 Å². The Morgan fingerprint density at radius 2 is 1.88 bits per heavy atom. The van der Waals surface area contributed by atoms with Crippen LogP contribution >= 0.6 is 0 Å². The summed E-state index contributed by atoms with van der Waals surface area (Å²) in [4.78, 5) is 0. The second-order valence-corrected chi connectivity index (χ2v) is 5.17. The van der Waals surface area contributed by atoms with E-state index in [4.69, 9.17) is 4.74 Å². The zero-order chi connectivity index (χ0) is 10.8. The molecule has 1 aromatic heterocycles. The third-order valence-electron chi connectivity index (χ3n) is 3.88. The number of hydrogen-bond acceptors (Lipinski definition) is 1. The molecule has 3 heteroatoms. The second-order valence-electron chi connectivity index (χ2n) is 5.17. The van der Waals surface area contributed by atoms with Crippen LogP contribution in [0.5, 0.6) is 0 Å². The van der Waals surface area contributed by atoms with Crippen molar-refractivity contribution in [2.75, 3.05) is 26.4 Å². The maximum Gasteiger partial charge on any atom is 0.184 e. The van der Waals surface area contributed by atoms with Crippen LogP contribution in [0.3, 0.4) is 0 Å². The first kappa shape index (κ1) is 10.2. The highest BCUT2D eigenvalue weighted by molar-refractivity contribution is 4.83. The van der Waals surface area contributed by atoms with Crippen LogP contribution in [0.4, 0.5) is 0 Å². The summed E-state index contributed by atoms with van der Waals surface area (Å²) in [5.74, 6) is 0. The highest BCUT2D eigenvalue weighted by Crippen LogP contribution is 2.25. The summed E-state index contributed by atoms with van der Waals surface area (Å²) < 4.78 is 9.39. The van der Waals surface area contributed by atoms with Crippen molar-refractivity contribution >= 4 is 0 Å². The average Bonchev–Trinajstić information content (AvgIpc) is 2.92. The summed E-state index contributed by atoms with van der Waals surface area (Å²) in [6.07, 6.45) is 7.42. The first-order valence-electron chi connectivity index (χ1n) is 6.27. The van der Waals surface area contributed by atoms with Gasteiger partial charge in [0, 0.05) is 25.0 Å². The van der Waals surface area contributed by atoms with Crippen LogP contribution in [0.1, 0.15) is 12.8 Å². The Morgan fingerprint density at radius 3 is 2.62 bits per heavy atom. The minimum absolute atomic E-state index is 0.408. The molecule has 2 fully saturated rings. The molecule has 0 radical (unpaired) electrons. The molecule has 0 N–H and O–H groups in total. The van der Waals surface area contributed by atoms with Crippen molar-refractivity contribution in [3.63, 3.8) is 0 Å². The Bertz CT molecular complexity index is 346. The standard InChI is InChI=1S/C13H20N2O/c1-2-6-14(7-3-1)10-13-11-15(12-16-13)8-4-5-9-15/h1-3,6-7,13H,4-5,8-12H2/q+2. The molecule has 0 aromatic carbocycles. The van der Waals surface area contributed by atoms with E-state index in [-0.39, 0.29) is 0 Å². The van der Waals surface area contributed by atoms with Crippen molar-refractivity contribution in [3.8, 4) is 0 Å². The van der Waals surface area contributed by atoms with Gasteiger partial charge >= 0.3 is 0 Å². The van der Waals surface area contributed by atoms with Gasteiger partial charge in [0.1, 0.15) is 6.54 Å². The minimum Gasteiger partial charge on any atom is -0.316 e. The summed E-state index contributed by atoms with van der Waals surface area (Å²) in [5, 5.41) is 0. The minimum atomic E-state index is 0.408. The van der Waals surface area contributed by atoms with Gasteiger partial charge in [-0.2, -0.15) is 0 Å². The molecule has 1 aromatic rings. The van der Waals surface area contributed by atoms with Crippen molar-refractivity contribution in [1.82, 2.24) is 0 Å². The van der Waals surface area contributed by atoms with Gasteiger partial charge in [-0.15, -0.1) is 0 Å². The van der Waals surface area contributed by atoms with Crippen LogP contribution in [-0.4, -0.2) is 37.0 Å². The molecule has 0 saturated carbocycles. The maximum atomic E-state index is 5.95. The van der Waals surface area contributed by atoms with E-state index in [1.807, 2.05) is 0 Å². The van der Waals surface area contributed by atoms with E-state index in [0.717, 1.165) is 13.3 Å². The molecule has 0 amide bonds. The van der Waals surface area contributed by atoms with Crippen molar-refractivity contribution in [1.29, 1.82) is 0 Å². The monoisotopic (exact) mass is 220 g/mol. The number of quaternary nitrogens is 1. The Balaban J connectivity index is 1.62. The summed E-state index contributed by atoms with van der Waals surface area (Å²) in [5.41, 5.74) is 0. The molecule has 3 rings (SSSR count). The highest BCUT2D eigenvalue weighted by Gasteiger charge is 2.42. The maximum absolute atomic E-state index is 5.95. The smallest absolute Gasteiger partial charge is 0.184 e. The average molecular weight is 220 g/mol. The lowest BCUT2D eigenvalue weighted by Gasteiger charge is -2.26. The molecule has 2 aliphatic rings. The molecule has 16 heavy (non-hydrogen) atoms. The molecule has 3 heterocycles. The highest BCUT2D eigenvalue weighted by atomic mass is 16.5. The third-order valence-corrected chi connectivity index (χ3v) is 3.88. The lowest BCUT2D eigenvalue weighted by Crippen LogP contribution is -2.46. The van der Waals surface area contributed by atoms with Crippen LogP contribution < -0.4 is 4.57 Å². The van der Waals surface area contributed by atoms with Gasteiger partial charge in [-0.3, -0.25) is 4.48 Å². The van der Waals surface area contributed by atoms with Crippen molar-refractivity contribution in [2.45, 2.75) is 25.5 Å². The van der Waals surface area contributed by atoms with Crippen molar-refractivity contribution < 1.29 is 13.8 Å². The first-order chi connectivity index (χ1) is 7.86. The normalized spacial score (nSPS) is 27.6. The SMILES string of the molecule is c1cc[n+](CC2C[N+]3(CCCC3)CO2)cc1. The predicted octanol–water partition coefficient (Wildman–Crippen LogP) is 0.941. The molecule has 1 unspecified atom stereocenters. The van der Waals surface area contributed by atoms with Crippen LogP contribution in [0.2, 0.25) is 0 Å². The fourth-order valence-electron chi connectivity index (χ4n) is 3.02. The van der Waals surface area contributed by atoms with E-state index in [1.54, 1.807) is 0 Å². The molecule has 3 nitrogen and oxygen atoms in total. The molecular formula is C13H20N2O+2. The lowest BCUT2D eigenvalue weighted by molar-refractivity contribution is -0.914. The van der Waals surface area contributed by atoms with E-state index in [9.17, 15) is 0 Å². The van der Waals surface area contributed by atoms with Crippen LogP contribution in [-0.2, 0) is 11.3 Å². The second kappa shape index (κ2) is 4.15. The molecule has 0 bridgehead atoms. The lowest BCUT2D eigenvalue weighted by atomic mass is 10.3. The predicted molar refractivity (Wildman–Crippen MR) is 60.5 cm³/mol. The number of ether oxygens (including phenoxy) is 1. The number of pyridine rings is 1. The molecule has 2 aliphatic heterocycles. The van der Waals surface area contributed by atoms with E-state index in [2.05, 4.69) is 35.2 Å². The van der Waals surface area contributed by atoms with Gasteiger partial charge in [-0.05, 0) is 0 Å². The Kier molecular flexibility index (Phi) is 2.65. The van der Waals surface area contributed by atoms with Gasteiger partial charge < -0.3 is 4.74 Å². The van der Waals surface area contributed by atoms with E-state index >= 15 is 0 Å². The number of nitrogens with zero attached hydrogens (tertiary/aromatic N) is 2. The Hall–Kier alpha value is -0.930. The van der Waals surface area contributed by atoms with Gasteiger partial charge in [0.25, 0.3) is 0 Å². The third kappa shape index (κ3) is 1.97. The summed E-state index contributed by atoms with van der Waals surface area (Å²) >= 11 is 0. The first-order valence-corrected chi connectivity index (χ1v) is 6.27. The molecular weight excluding hydrogens is 200 g/mol. The van der Waals surface area contributed by atoms with Crippen molar-refractivity contribution in [3.05, 3.63) is 30.6 Å². The van der Waals surface area contributed by atoms with Gasteiger partial charge in [0.05, 0.1) is 13.1 Å². The quantitative estimate of drug-likeness (QED) is 0.534. The zero-order valence-corrected chi connectivity index (χ0v) is 9.72. The van der Waals surface area contributed by atoms with Crippen LogP contribution in [0.25, 0.3) is 0 Å². The number of rotatable bonds is 2. The topological polar surface area (TPSA) is 13.1 Å². The fraction of sp³-hybridized carbons (Fsp3) is 0.615. The van der Waals surface area contributed by atoms with E-state index in [1.165, 1.54) is 37.0 Å². The molecule has 86 valence electrons. The van der Waals surface area contributed by atoms with E-state index < -0.39 is 0 Å². The number of aromatic nitrogens is 1. The van der Waals surface area contributed by atoms with Crippen molar-refractivity contribution in [2.24, 2.45) is 0 Å². The van der Waals surface area contributed by atoms with Gasteiger partial charge in [0.2, 0.25) is 0 Å². The Labute approximate surface area is 96.9 Å². The van der Waals surface area contributed by atoms with Crippen LogP contribution in [0.15, 0.2) is 30.6 Å². The molecule has 1 spiro atoms. The van der Waals surface area contributed by atoms with Gasteiger partial charge in [-0.1, -0.05) is 6.07 Å². The van der Waals surface area contributed by atoms with Gasteiger partial charge in [0.15, 0.2) is 31.8 Å². The summed E-state index contributed by atoms with van der Waals surface area (Å²) in [6.45, 7) is 5.81. The summed E-state index contributed by atoms with van der Waals surface area (Å²) in [7, 11) is 0. The van der Waals surface area contributed by atoms with Gasteiger partial charge in [-0.25, -0.2) is 4.57 Å². The molecule has 1 atom stereocenters. The molecule has 2 saturated heterocycles. The molecule has 0 aliphatic carbocycles. The number of hydrogen-bond donors (Lipinski definition) is 0. The Morgan fingerprint density at radius 1 is 1.12 bits per heavy atom. The zero-order valence-electron chi connectivity index (χ0n) is 9.72. The fourth-order valence-corrected chi connectivity index (χ4v) is 3.02. The summed E-state index contributed by atoms with van der Waals surface area (Å²) in [6, 6.07) is 6.21. The largest absolute Gasteiger partial charge is 0.316 e.